The van der Waals surface area contributed by atoms with Gasteiger partial charge < -0.3 is 9.47 Å². The molecule has 0 aromatic heterocycles. The summed E-state index contributed by atoms with van der Waals surface area (Å²) in [4.78, 5) is 32.4. The molecule has 1 aliphatic carbocycles. The monoisotopic (exact) mass is 478 g/mol. The highest BCUT2D eigenvalue weighted by Gasteiger charge is 2.41. The van der Waals surface area contributed by atoms with Gasteiger partial charge in [0.1, 0.15) is 5.75 Å². The molecule has 1 amide bonds. The SMILES string of the molecule is CCOC(=O)COc1ccc(/C=C2\SC(=Nc3ccccc3)N([C@@H]3CCCC[C@H]3C)C2=O)cc1. The Bertz CT molecular complexity index is 1070. The molecule has 0 N–H and O–H groups in total. The van der Waals surface area contributed by atoms with Crippen molar-refractivity contribution < 1.29 is 19.1 Å². The zero-order valence-electron chi connectivity index (χ0n) is 19.6. The van der Waals surface area contributed by atoms with Crippen LogP contribution in [-0.2, 0) is 14.3 Å². The van der Waals surface area contributed by atoms with Crippen LogP contribution in [0, 0.1) is 5.92 Å². The number of benzene rings is 2. The molecule has 178 valence electrons. The molecule has 1 aliphatic heterocycles. The Morgan fingerprint density at radius 3 is 2.56 bits per heavy atom. The molecule has 0 bridgehead atoms. The van der Waals surface area contributed by atoms with Gasteiger partial charge in [-0.1, -0.05) is 50.1 Å². The number of hydrogen-bond donors (Lipinski definition) is 0. The van der Waals surface area contributed by atoms with Gasteiger partial charge in [0.25, 0.3) is 5.91 Å². The number of esters is 1. The predicted octanol–water partition coefficient (Wildman–Crippen LogP) is 5.81. The maximum absolute atomic E-state index is 13.5. The second-order valence-corrected chi connectivity index (χ2v) is 9.52. The summed E-state index contributed by atoms with van der Waals surface area (Å²) in [5.74, 6) is 0.629. The first-order valence-electron chi connectivity index (χ1n) is 11.8. The van der Waals surface area contributed by atoms with Crippen LogP contribution in [0.2, 0.25) is 0 Å². The molecule has 7 heteroatoms. The van der Waals surface area contributed by atoms with Gasteiger partial charge in [0.05, 0.1) is 17.2 Å². The smallest absolute Gasteiger partial charge is 0.344 e. The highest BCUT2D eigenvalue weighted by molar-refractivity contribution is 8.18. The predicted molar refractivity (Wildman–Crippen MR) is 136 cm³/mol. The normalized spacial score (nSPS) is 22.9. The lowest BCUT2D eigenvalue weighted by atomic mass is 9.85. The number of carbonyl (C=O) groups excluding carboxylic acids is 2. The van der Waals surface area contributed by atoms with Crippen molar-refractivity contribution in [2.75, 3.05) is 13.2 Å². The minimum absolute atomic E-state index is 0.0149. The van der Waals surface area contributed by atoms with Crippen molar-refractivity contribution in [1.29, 1.82) is 0 Å². The summed E-state index contributed by atoms with van der Waals surface area (Å²) < 4.78 is 10.3. The van der Waals surface area contributed by atoms with Gasteiger partial charge in [0.15, 0.2) is 11.8 Å². The maximum atomic E-state index is 13.5. The van der Waals surface area contributed by atoms with Crippen LogP contribution >= 0.6 is 11.8 Å². The molecule has 2 fully saturated rings. The molecule has 2 aromatic carbocycles. The van der Waals surface area contributed by atoms with E-state index in [1.165, 1.54) is 18.2 Å². The van der Waals surface area contributed by atoms with E-state index in [9.17, 15) is 9.59 Å². The molecular formula is C27H30N2O4S. The largest absolute Gasteiger partial charge is 0.482 e. The molecule has 2 aromatic rings. The fraction of sp³-hybridized carbons (Fsp3) is 0.370. The Morgan fingerprint density at radius 2 is 1.85 bits per heavy atom. The topological polar surface area (TPSA) is 68.2 Å². The fourth-order valence-electron chi connectivity index (χ4n) is 4.31. The quantitative estimate of drug-likeness (QED) is 0.371. The Labute approximate surface area is 205 Å². The first-order valence-corrected chi connectivity index (χ1v) is 12.6. The number of amides is 1. The Balaban J connectivity index is 1.55. The minimum atomic E-state index is -0.399. The molecule has 2 atom stereocenters. The Kier molecular flexibility index (Phi) is 8.06. The van der Waals surface area contributed by atoms with Crippen LogP contribution in [0.25, 0.3) is 6.08 Å². The van der Waals surface area contributed by atoms with Crippen molar-refractivity contribution in [3.05, 3.63) is 65.1 Å². The minimum Gasteiger partial charge on any atom is -0.482 e. The van der Waals surface area contributed by atoms with E-state index in [0.29, 0.717) is 23.2 Å². The lowest BCUT2D eigenvalue weighted by Crippen LogP contribution is -2.44. The summed E-state index contributed by atoms with van der Waals surface area (Å²) in [5.41, 5.74) is 1.73. The second-order valence-electron chi connectivity index (χ2n) is 8.51. The van der Waals surface area contributed by atoms with Gasteiger partial charge in [-0.15, -0.1) is 0 Å². The molecule has 4 rings (SSSR count). The van der Waals surface area contributed by atoms with E-state index in [-0.39, 0.29) is 18.6 Å². The molecule has 1 heterocycles. The van der Waals surface area contributed by atoms with Crippen molar-refractivity contribution >= 4 is 40.6 Å². The van der Waals surface area contributed by atoms with Crippen LogP contribution in [-0.4, -0.2) is 41.2 Å². The van der Waals surface area contributed by atoms with Crippen LogP contribution < -0.4 is 4.74 Å². The number of ether oxygens (including phenoxy) is 2. The van der Waals surface area contributed by atoms with Crippen molar-refractivity contribution in [1.82, 2.24) is 4.90 Å². The Hall–Kier alpha value is -3.06. The third kappa shape index (κ3) is 5.89. The number of amidine groups is 1. The van der Waals surface area contributed by atoms with Crippen molar-refractivity contribution in [3.63, 3.8) is 0 Å². The third-order valence-corrected chi connectivity index (χ3v) is 7.04. The summed E-state index contributed by atoms with van der Waals surface area (Å²) in [5, 5.41) is 0.746. The summed E-state index contributed by atoms with van der Waals surface area (Å²) in [6, 6.07) is 17.3. The number of aliphatic imine (C=N–C) groups is 1. The fourth-order valence-corrected chi connectivity index (χ4v) is 5.35. The first-order chi connectivity index (χ1) is 16.5. The summed E-state index contributed by atoms with van der Waals surface area (Å²) in [6.45, 7) is 4.19. The van der Waals surface area contributed by atoms with E-state index in [1.54, 1.807) is 19.1 Å². The van der Waals surface area contributed by atoms with E-state index in [1.807, 2.05) is 53.4 Å². The van der Waals surface area contributed by atoms with E-state index in [2.05, 4.69) is 6.92 Å². The molecule has 6 nitrogen and oxygen atoms in total. The van der Waals surface area contributed by atoms with Crippen LogP contribution in [0.1, 0.15) is 45.1 Å². The van der Waals surface area contributed by atoms with Crippen LogP contribution in [0.5, 0.6) is 5.75 Å². The zero-order valence-corrected chi connectivity index (χ0v) is 20.4. The third-order valence-electron chi connectivity index (χ3n) is 6.06. The number of nitrogens with zero attached hydrogens (tertiary/aromatic N) is 2. The van der Waals surface area contributed by atoms with Crippen molar-refractivity contribution in [2.45, 2.75) is 45.6 Å². The van der Waals surface area contributed by atoms with Crippen LogP contribution in [0.4, 0.5) is 5.69 Å². The molecule has 2 aliphatic rings. The van der Waals surface area contributed by atoms with E-state index >= 15 is 0 Å². The zero-order chi connectivity index (χ0) is 23.9. The van der Waals surface area contributed by atoms with Gasteiger partial charge in [-0.25, -0.2) is 9.79 Å². The molecule has 0 radical (unpaired) electrons. The summed E-state index contributed by atoms with van der Waals surface area (Å²) >= 11 is 1.43. The molecule has 1 saturated heterocycles. The van der Waals surface area contributed by atoms with Gasteiger partial charge in [0, 0.05) is 6.04 Å². The van der Waals surface area contributed by atoms with E-state index < -0.39 is 5.97 Å². The van der Waals surface area contributed by atoms with Crippen LogP contribution in [0.3, 0.4) is 0 Å². The van der Waals surface area contributed by atoms with E-state index in [0.717, 1.165) is 35.7 Å². The van der Waals surface area contributed by atoms with Gasteiger partial charge in [0.2, 0.25) is 0 Å². The van der Waals surface area contributed by atoms with Crippen molar-refractivity contribution in [2.24, 2.45) is 10.9 Å². The average Bonchev–Trinajstić information content (AvgIpc) is 3.14. The molecule has 0 spiro atoms. The van der Waals surface area contributed by atoms with Crippen molar-refractivity contribution in [3.8, 4) is 5.75 Å². The first kappa shape index (κ1) is 24.1. The average molecular weight is 479 g/mol. The number of thioether (sulfide) groups is 1. The number of carbonyl (C=O) groups is 2. The molecule has 1 saturated carbocycles. The molecule has 0 unspecified atom stereocenters. The maximum Gasteiger partial charge on any atom is 0.344 e. The van der Waals surface area contributed by atoms with Gasteiger partial charge >= 0.3 is 5.97 Å². The number of rotatable bonds is 7. The van der Waals surface area contributed by atoms with E-state index in [4.69, 9.17) is 14.5 Å². The van der Waals surface area contributed by atoms with Gasteiger partial charge in [-0.2, -0.15) is 0 Å². The second kappa shape index (κ2) is 11.4. The number of hydrogen-bond acceptors (Lipinski definition) is 6. The summed E-state index contributed by atoms with van der Waals surface area (Å²) in [7, 11) is 0. The lowest BCUT2D eigenvalue weighted by molar-refractivity contribution is -0.145. The lowest BCUT2D eigenvalue weighted by Gasteiger charge is -2.35. The summed E-state index contributed by atoms with van der Waals surface area (Å²) in [6.07, 6.45) is 6.38. The number of para-hydroxylation sites is 1. The van der Waals surface area contributed by atoms with Crippen LogP contribution in [0.15, 0.2) is 64.5 Å². The van der Waals surface area contributed by atoms with Gasteiger partial charge in [-0.05, 0) is 73.4 Å². The van der Waals surface area contributed by atoms with Gasteiger partial charge in [-0.3, -0.25) is 9.69 Å². The molecule has 34 heavy (non-hydrogen) atoms. The highest BCUT2D eigenvalue weighted by atomic mass is 32.2. The standard InChI is InChI=1S/C27H30N2O4S/c1-3-32-25(30)18-33-22-15-13-20(14-16-22)17-24-26(31)29(23-12-8-7-9-19(23)2)27(34-24)28-21-10-5-4-6-11-21/h4-6,10-11,13-17,19,23H,3,7-9,12,18H2,1-2H3/b24-17-,28-27?/t19-,23-/m1/s1. The highest BCUT2D eigenvalue weighted by Crippen LogP contribution is 2.40. The molecular weight excluding hydrogens is 448 g/mol. The Morgan fingerprint density at radius 1 is 1.12 bits per heavy atom.